The molecule has 0 aromatic rings. The van der Waals surface area contributed by atoms with Gasteiger partial charge in [-0.1, -0.05) is 20.3 Å². The number of ether oxygens (including phenoxy) is 1. The molecule has 1 rings (SSSR count). The van der Waals surface area contributed by atoms with E-state index in [2.05, 4.69) is 17.1 Å². The molecule has 0 aromatic carbocycles. The standard InChI is InChI=1S/C12H24N2O2/c1-4-10-6-7-14(8-10)9-11(13-5-2)12(15)16-3/h10-11,13H,4-9H2,1-3H3. The normalized spacial score (nSPS) is 23.3. The highest BCUT2D eigenvalue weighted by atomic mass is 16.5. The molecule has 1 fully saturated rings. The molecule has 1 saturated heterocycles. The van der Waals surface area contributed by atoms with Crippen LogP contribution in [0.25, 0.3) is 0 Å². The van der Waals surface area contributed by atoms with Crippen LogP contribution in [0.4, 0.5) is 0 Å². The van der Waals surface area contributed by atoms with E-state index in [1.54, 1.807) is 0 Å². The molecule has 2 atom stereocenters. The molecule has 0 saturated carbocycles. The largest absolute Gasteiger partial charge is 0.468 e. The van der Waals surface area contributed by atoms with Crippen LogP contribution in [0.3, 0.4) is 0 Å². The molecular weight excluding hydrogens is 204 g/mol. The van der Waals surface area contributed by atoms with Crippen molar-refractivity contribution in [3.05, 3.63) is 0 Å². The monoisotopic (exact) mass is 228 g/mol. The lowest BCUT2D eigenvalue weighted by molar-refractivity contribution is -0.143. The Bertz CT molecular complexity index is 221. The Morgan fingerprint density at radius 3 is 2.81 bits per heavy atom. The molecule has 1 aliphatic rings. The van der Waals surface area contributed by atoms with E-state index in [1.807, 2.05) is 6.92 Å². The predicted molar refractivity (Wildman–Crippen MR) is 64.3 cm³/mol. The molecule has 2 unspecified atom stereocenters. The molecule has 4 nitrogen and oxygen atoms in total. The topological polar surface area (TPSA) is 41.6 Å². The Kier molecular flexibility index (Phi) is 5.77. The Labute approximate surface area is 98.3 Å². The van der Waals surface area contributed by atoms with Gasteiger partial charge in [0.25, 0.3) is 0 Å². The molecule has 0 radical (unpaired) electrons. The van der Waals surface area contributed by atoms with E-state index in [9.17, 15) is 4.79 Å². The Hall–Kier alpha value is -0.610. The quantitative estimate of drug-likeness (QED) is 0.685. The lowest BCUT2D eigenvalue weighted by Crippen LogP contribution is -2.46. The number of likely N-dealkylation sites (tertiary alicyclic amines) is 1. The summed E-state index contributed by atoms with van der Waals surface area (Å²) in [5.74, 6) is 0.654. The maximum Gasteiger partial charge on any atom is 0.324 e. The average Bonchev–Trinajstić information content (AvgIpc) is 2.75. The minimum absolute atomic E-state index is 0.151. The molecule has 0 amide bonds. The van der Waals surface area contributed by atoms with E-state index in [0.717, 1.165) is 32.1 Å². The minimum atomic E-state index is -0.175. The number of hydrogen-bond acceptors (Lipinski definition) is 4. The van der Waals surface area contributed by atoms with Gasteiger partial charge in [-0.2, -0.15) is 0 Å². The van der Waals surface area contributed by atoms with Gasteiger partial charge in [0.15, 0.2) is 0 Å². The van der Waals surface area contributed by atoms with Gasteiger partial charge in [0.05, 0.1) is 7.11 Å². The number of likely N-dealkylation sites (N-methyl/N-ethyl adjacent to an activating group) is 1. The molecule has 1 aliphatic heterocycles. The van der Waals surface area contributed by atoms with E-state index in [0.29, 0.717) is 0 Å². The minimum Gasteiger partial charge on any atom is -0.468 e. The van der Waals surface area contributed by atoms with Crippen LogP contribution in [0.15, 0.2) is 0 Å². The summed E-state index contributed by atoms with van der Waals surface area (Å²) in [6.45, 7) is 8.04. The van der Waals surface area contributed by atoms with Crippen LogP contribution >= 0.6 is 0 Å². The highest BCUT2D eigenvalue weighted by molar-refractivity contribution is 5.75. The SMILES string of the molecule is CCNC(CN1CCC(CC)C1)C(=O)OC. The first kappa shape index (κ1) is 13.5. The Balaban J connectivity index is 2.40. The lowest BCUT2D eigenvalue weighted by atomic mass is 10.1. The third-order valence-electron chi connectivity index (χ3n) is 3.32. The van der Waals surface area contributed by atoms with Crippen LogP contribution in [0, 0.1) is 5.92 Å². The third-order valence-corrected chi connectivity index (χ3v) is 3.32. The van der Waals surface area contributed by atoms with E-state index >= 15 is 0 Å². The van der Waals surface area contributed by atoms with Gasteiger partial charge in [-0.05, 0) is 25.4 Å². The number of nitrogens with one attached hydrogen (secondary N) is 1. The molecule has 1 N–H and O–H groups in total. The summed E-state index contributed by atoms with van der Waals surface area (Å²) in [5.41, 5.74) is 0. The third kappa shape index (κ3) is 3.76. The van der Waals surface area contributed by atoms with Crippen LogP contribution in [-0.4, -0.2) is 50.2 Å². The van der Waals surface area contributed by atoms with Gasteiger partial charge in [0.2, 0.25) is 0 Å². The number of rotatable bonds is 6. The fourth-order valence-corrected chi connectivity index (χ4v) is 2.28. The van der Waals surface area contributed by atoms with Crippen molar-refractivity contribution >= 4 is 5.97 Å². The summed E-state index contributed by atoms with van der Waals surface area (Å²) >= 11 is 0. The number of methoxy groups -OCH3 is 1. The zero-order chi connectivity index (χ0) is 12.0. The fourth-order valence-electron chi connectivity index (χ4n) is 2.28. The highest BCUT2D eigenvalue weighted by Crippen LogP contribution is 2.18. The van der Waals surface area contributed by atoms with E-state index in [-0.39, 0.29) is 12.0 Å². The zero-order valence-corrected chi connectivity index (χ0v) is 10.7. The Morgan fingerprint density at radius 1 is 1.56 bits per heavy atom. The van der Waals surface area contributed by atoms with Crippen LogP contribution < -0.4 is 5.32 Å². The molecule has 4 heteroatoms. The van der Waals surface area contributed by atoms with Gasteiger partial charge in [0.1, 0.15) is 6.04 Å². The van der Waals surface area contributed by atoms with Crippen molar-refractivity contribution in [3.63, 3.8) is 0 Å². The van der Waals surface area contributed by atoms with Gasteiger partial charge in [-0.15, -0.1) is 0 Å². The summed E-state index contributed by atoms with van der Waals surface area (Å²) in [6.07, 6.45) is 2.50. The number of hydrogen-bond donors (Lipinski definition) is 1. The van der Waals surface area contributed by atoms with Crippen LogP contribution in [0.5, 0.6) is 0 Å². The fraction of sp³-hybridized carbons (Fsp3) is 0.917. The number of carbonyl (C=O) groups is 1. The summed E-state index contributed by atoms with van der Waals surface area (Å²) in [7, 11) is 1.45. The van der Waals surface area contributed by atoms with Gasteiger partial charge >= 0.3 is 5.97 Å². The number of esters is 1. The predicted octanol–water partition coefficient (Wildman–Crippen LogP) is 0.869. The number of nitrogens with zero attached hydrogens (tertiary/aromatic N) is 1. The van der Waals surface area contributed by atoms with Crippen molar-refractivity contribution in [1.82, 2.24) is 10.2 Å². The van der Waals surface area contributed by atoms with Crippen molar-refractivity contribution in [2.24, 2.45) is 5.92 Å². The number of carbonyl (C=O) groups excluding carboxylic acids is 1. The van der Waals surface area contributed by atoms with Crippen LogP contribution in [0.2, 0.25) is 0 Å². The van der Waals surface area contributed by atoms with Crippen molar-refractivity contribution in [3.8, 4) is 0 Å². The van der Waals surface area contributed by atoms with Gasteiger partial charge in [0, 0.05) is 13.1 Å². The summed E-state index contributed by atoms with van der Waals surface area (Å²) in [4.78, 5) is 13.9. The average molecular weight is 228 g/mol. The van der Waals surface area contributed by atoms with E-state index in [1.165, 1.54) is 20.0 Å². The molecule has 0 aromatic heterocycles. The molecule has 0 bridgehead atoms. The van der Waals surface area contributed by atoms with Crippen LogP contribution in [-0.2, 0) is 9.53 Å². The maximum atomic E-state index is 11.5. The first-order valence-corrected chi connectivity index (χ1v) is 6.24. The first-order valence-electron chi connectivity index (χ1n) is 6.24. The molecule has 1 heterocycles. The maximum absolute atomic E-state index is 11.5. The smallest absolute Gasteiger partial charge is 0.324 e. The zero-order valence-electron chi connectivity index (χ0n) is 10.7. The molecule has 16 heavy (non-hydrogen) atoms. The van der Waals surface area contributed by atoms with Crippen LogP contribution in [0.1, 0.15) is 26.7 Å². The Morgan fingerprint density at radius 2 is 2.31 bits per heavy atom. The van der Waals surface area contributed by atoms with E-state index < -0.39 is 0 Å². The van der Waals surface area contributed by atoms with Gasteiger partial charge < -0.3 is 15.0 Å². The molecule has 0 aliphatic carbocycles. The second kappa shape index (κ2) is 6.86. The van der Waals surface area contributed by atoms with Gasteiger partial charge in [-0.3, -0.25) is 4.79 Å². The van der Waals surface area contributed by atoms with Crippen molar-refractivity contribution in [1.29, 1.82) is 0 Å². The van der Waals surface area contributed by atoms with Crippen molar-refractivity contribution in [2.45, 2.75) is 32.7 Å². The van der Waals surface area contributed by atoms with Crippen molar-refractivity contribution in [2.75, 3.05) is 33.3 Å². The van der Waals surface area contributed by atoms with Crippen molar-refractivity contribution < 1.29 is 9.53 Å². The second-order valence-electron chi connectivity index (χ2n) is 4.46. The lowest BCUT2D eigenvalue weighted by Gasteiger charge is -2.22. The molecule has 94 valence electrons. The highest BCUT2D eigenvalue weighted by Gasteiger charge is 2.26. The second-order valence-corrected chi connectivity index (χ2v) is 4.46. The summed E-state index contributed by atoms with van der Waals surface area (Å²) in [6, 6.07) is -0.175. The summed E-state index contributed by atoms with van der Waals surface area (Å²) < 4.78 is 4.80. The summed E-state index contributed by atoms with van der Waals surface area (Å²) in [5, 5.41) is 3.18. The molecular formula is C12H24N2O2. The van der Waals surface area contributed by atoms with E-state index in [4.69, 9.17) is 4.74 Å². The van der Waals surface area contributed by atoms with Gasteiger partial charge in [-0.25, -0.2) is 0 Å². The first-order chi connectivity index (χ1) is 7.71. The molecule has 0 spiro atoms.